The van der Waals surface area contributed by atoms with Crippen LogP contribution in [0.1, 0.15) is 30.9 Å². The molecule has 0 atom stereocenters. The topological polar surface area (TPSA) is 43.4 Å². The molecule has 1 aromatic carbocycles. The maximum atomic E-state index is 11.6. The van der Waals surface area contributed by atoms with Crippen LogP contribution in [-0.2, 0) is 20.1 Å². The van der Waals surface area contributed by atoms with Crippen LogP contribution in [0.5, 0.6) is 0 Å². The Balaban J connectivity index is 2.59. The highest BCUT2D eigenvalue weighted by Crippen LogP contribution is 2.10. The molecule has 0 fully saturated rings. The Morgan fingerprint density at radius 1 is 1.29 bits per heavy atom. The minimum Gasteiger partial charge on any atom is -0.270 e. The standard InChI is InChI=1S/C13H18O3S/c1-3-5-10-16-17(14,15)11-13-8-6-12(4-2)7-9-13/h4,6-9H,2-3,5,10-11H2,1H3. The molecule has 0 aliphatic rings. The SMILES string of the molecule is C=Cc1ccc(CS(=O)(=O)OCCCC)cc1. The van der Waals surface area contributed by atoms with Gasteiger partial charge >= 0.3 is 0 Å². The van der Waals surface area contributed by atoms with Crippen LogP contribution >= 0.6 is 0 Å². The van der Waals surface area contributed by atoms with Crippen molar-refractivity contribution >= 4 is 16.2 Å². The molecule has 0 aliphatic carbocycles. The van der Waals surface area contributed by atoms with Gasteiger partial charge in [0.2, 0.25) is 0 Å². The largest absolute Gasteiger partial charge is 0.271 e. The Kier molecular flexibility index (Phi) is 5.38. The molecule has 0 amide bonds. The first-order valence-electron chi connectivity index (χ1n) is 5.66. The van der Waals surface area contributed by atoms with Crippen molar-refractivity contribution in [3.05, 3.63) is 42.0 Å². The van der Waals surface area contributed by atoms with Crippen molar-refractivity contribution in [3.63, 3.8) is 0 Å². The van der Waals surface area contributed by atoms with E-state index in [1.165, 1.54) is 0 Å². The van der Waals surface area contributed by atoms with E-state index in [1.54, 1.807) is 18.2 Å². The Hall–Kier alpha value is -1.13. The first-order chi connectivity index (χ1) is 8.07. The molecule has 94 valence electrons. The lowest BCUT2D eigenvalue weighted by Gasteiger charge is -2.05. The summed E-state index contributed by atoms with van der Waals surface area (Å²) in [6, 6.07) is 7.23. The van der Waals surface area contributed by atoms with Gasteiger partial charge in [0.25, 0.3) is 10.1 Å². The van der Waals surface area contributed by atoms with Crippen molar-refractivity contribution in [2.45, 2.75) is 25.5 Å². The summed E-state index contributed by atoms with van der Waals surface area (Å²) in [5.74, 6) is -0.0753. The van der Waals surface area contributed by atoms with E-state index in [0.717, 1.165) is 24.0 Å². The van der Waals surface area contributed by atoms with Crippen molar-refractivity contribution in [2.24, 2.45) is 0 Å². The van der Waals surface area contributed by atoms with Gasteiger partial charge in [-0.15, -0.1) is 0 Å². The van der Waals surface area contributed by atoms with E-state index in [-0.39, 0.29) is 12.4 Å². The van der Waals surface area contributed by atoms with Crippen molar-refractivity contribution in [3.8, 4) is 0 Å². The maximum Gasteiger partial charge on any atom is 0.271 e. The van der Waals surface area contributed by atoms with Crippen LogP contribution < -0.4 is 0 Å². The first-order valence-corrected chi connectivity index (χ1v) is 7.23. The van der Waals surface area contributed by atoms with Crippen molar-refractivity contribution in [1.82, 2.24) is 0 Å². The van der Waals surface area contributed by atoms with Crippen LogP contribution in [0.3, 0.4) is 0 Å². The smallest absolute Gasteiger partial charge is 0.270 e. The minimum absolute atomic E-state index is 0.0753. The molecule has 0 N–H and O–H groups in total. The Morgan fingerprint density at radius 2 is 1.94 bits per heavy atom. The molecule has 3 nitrogen and oxygen atoms in total. The summed E-state index contributed by atoms with van der Waals surface area (Å²) in [7, 11) is -3.45. The zero-order chi connectivity index (χ0) is 12.7. The van der Waals surface area contributed by atoms with Gasteiger partial charge in [0.05, 0.1) is 6.61 Å². The van der Waals surface area contributed by atoms with E-state index < -0.39 is 10.1 Å². The molecule has 0 aromatic heterocycles. The minimum atomic E-state index is -3.45. The van der Waals surface area contributed by atoms with E-state index in [9.17, 15) is 8.42 Å². The van der Waals surface area contributed by atoms with Crippen LogP contribution in [0, 0.1) is 0 Å². The van der Waals surface area contributed by atoms with Crippen molar-refractivity contribution < 1.29 is 12.6 Å². The zero-order valence-electron chi connectivity index (χ0n) is 10.1. The Bertz CT molecular complexity index is 446. The lowest BCUT2D eigenvalue weighted by Crippen LogP contribution is -2.09. The quantitative estimate of drug-likeness (QED) is 0.555. The van der Waals surface area contributed by atoms with Crippen LogP contribution in [0.4, 0.5) is 0 Å². The summed E-state index contributed by atoms with van der Waals surface area (Å²) < 4.78 is 28.1. The van der Waals surface area contributed by atoms with Gasteiger partial charge in [0.15, 0.2) is 0 Å². The second kappa shape index (κ2) is 6.57. The van der Waals surface area contributed by atoms with Gasteiger partial charge in [-0.1, -0.05) is 50.3 Å². The fourth-order valence-electron chi connectivity index (χ4n) is 1.33. The highest BCUT2D eigenvalue weighted by Gasteiger charge is 2.11. The van der Waals surface area contributed by atoms with Gasteiger partial charge in [-0.05, 0) is 17.5 Å². The van der Waals surface area contributed by atoms with E-state index in [1.807, 2.05) is 19.1 Å². The Morgan fingerprint density at radius 3 is 2.47 bits per heavy atom. The van der Waals surface area contributed by atoms with Crippen LogP contribution in [0.2, 0.25) is 0 Å². The summed E-state index contributed by atoms with van der Waals surface area (Å²) in [5.41, 5.74) is 1.70. The molecule has 0 unspecified atom stereocenters. The van der Waals surface area contributed by atoms with Gasteiger partial charge in [-0.3, -0.25) is 4.18 Å². The zero-order valence-corrected chi connectivity index (χ0v) is 10.9. The molecule has 1 rings (SSSR count). The van der Waals surface area contributed by atoms with Crippen LogP contribution in [-0.4, -0.2) is 15.0 Å². The first kappa shape index (κ1) is 13.9. The number of hydrogen-bond donors (Lipinski definition) is 0. The predicted molar refractivity (Wildman–Crippen MR) is 70.0 cm³/mol. The summed E-state index contributed by atoms with van der Waals surface area (Å²) in [6.07, 6.45) is 3.40. The van der Waals surface area contributed by atoms with Gasteiger partial charge in [0.1, 0.15) is 5.75 Å². The monoisotopic (exact) mass is 254 g/mol. The third-order valence-electron chi connectivity index (χ3n) is 2.32. The summed E-state index contributed by atoms with van der Waals surface area (Å²) in [5, 5.41) is 0. The van der Waals surface area contributed by atoms with Gasteiger partial charge in [0, 0.05) is 0 Å². The molecular formula is C13H18O3S. The third kappa shape index (κ3) is 5.15. The van der Waals surface area contributed by atoms with Gasteiger partial charge in [-0.2, -0.15) is 8.42 Å². The number of rotatable bonds is 7. The summed E-state index contributed by atoms with van der Waals surface area (Å²) >= 11 is 0. The number of hydrogen-bond acceptors (Lipinski definition) is 3. The lowest BCUT2D eigenvalue weighted by molar-refractivity contribution is 0.310. The second-order valence-electron chi connectivity index (χ2n) is 3.82. The van der Waals surface area contributed by atoms with Gasteiger partial charge in [-0.25, -0.2) is 0 Å². The van der Waals surface area contributed by atoms with Crippen molar-refractivity contribution in [2.75, 3.05) is 6.61 Å². The predicted octanol–water partition coefficient (Wildman–Crippen LogP) is 2.98. The average molecular weight is 254 g/mol. The van der Waals surface area contributed by atoms with E-state index >= 15 is 0 Å². The van der Waals surface area contributed by atoms with E-state index in [4.69, 9.17) is 4.18 Å². The maximum absolute atomic E-state index is 11.6. The summed E-state index contributed by atoms with van der Waals surface area (Å²) in [4.78, 5) is 0. The van der Waals surface area contributed by atoms with Gasteiger partial charge < -0.3 is 0 Å². The highest BCUT2D eigenvalue weighted by atomic mass is 32.2. The van der Waals surface area contributed by atoms with Crippen LogP contribution in [0.15, 0.2) is 30.8 Å². The molecule has 0 saturated heterocycles. The molecule has 0 radical (unpaired) electrons. The molecule has 0 heterocycles. The molecule has 0 bridgehead atoms. The van der Waals surface area contributed by atoms with E-state index in [0.29, 0.717) is 0 Å². The molecule has 4 heteroatoms. The third-order valence-corrected chi connectivity index (χ3v) is 3.53. The van der Waals surface area contributed by atoms with Crippen LogP contribution in [0.25, 0.3) is 6.08 Å². The second-order valence-corrected chi connectivity index (χ2v) is 5.46. The molecule has 0 saturated carbocycles. The fourth-order valence-corrected chi connectivity index (χ4v) is 2.38. The summed E-state index contributed by atoms with van der Waals surface area (Å²) in [6.45, 7) is 5.90. The number of benzene rings is 1. The molecule has 17 heavy (non-hydrogen) atoms. The van der Waals surface area contributed by atoms with Crippen molar-refractivity contribution in [1.29, 1.82) is 0 Å². The highest BCUT2D eigenvalue weighted by molar-refractivity contribution is 7.85. The molecule has 0 aliphatic heterocycles. The fraction of sp³-hybridized carbons (Fsp3) is 0.385. The Labute approximate surface area is 103 Å². The molecule has 1 aromatic rings. The van der Waals surface area contributed by atoms with E-state index in [2.05, 4.69) is 6.58 Å². The average Bonchev–Trinajstić information content (AvgIpc) is 2.30. The number of unbranched alkanes of at least 4 members (excludes halogenated alkanes) is 1. The normalized spacial score (nSPS) is 11.4. The lowest BCUT2D eigenvalue weighted by atomic mass is 10.1. The molecular weight excluding hydrogens is 236 g/mol. The molecule has 0 spiro atoms.